The number of thioether (sulfide) groups is 2. The van der Waals surface area contributed by atoms with Gasteiger partial charge in [0, 0.05) is 5.75 Å². The molecule has 0 N–H and O–H groups in total. The Morgan fingerprint density at radius 1 is 1.36 bits per heavy atom. The highest BCUT2D eigenvalue weighted by Crippen LogP contribution is 2.04. The van der Waals surface area contributed by atoms with Crippen molar-refractivity contribution >= 4 is 29.8 Å². The lowest BCUT2D eigenvalue weighted by atomic mass is 10.3. The molecule has 0 aliphatic carbocycles. The van der Waals surface area contributed by atoms with Crippen molar-refractivity contribution in [2.24, 2.45) is 0 Å². The number of hydrogen-bond acceptors (Lipinski definition) is 3. The van der Waals surface area contributed by atoms with E-state index in [-0.39, 0.29) is 0 Å². The van der Waals surface area contributed by atoms with Gasteiger partial charge in [0.25, 0.3) is 0 Å². The van der Waals surface area contributed by atoms with Gasteiger partial charge in [0.2, 0.25) is 0 Å². The fraction of sp³-hybridized carbons (Fsp3) is 0.625. The predicted octanol–water partition coefficient (Wildman–Crippen LogP) is 2.23. The molecule has 0 fully saturated rings. The molecule has 0 aliphatic rings. The van der Waals surface area contributed by atoms with Crippen LogP contribution in [0.25, 0.3) is 0 Å². The number of allylic oxidation sites excluding steroid dienone is 1. The van der Waals surface area contributed by atoms with Gasteiger partial charge >= 0.3 is 0 Å². The van der Waals surface area contributed by atoms with Crippen LogP contribution in [0.15, 0.2) is 11.6 Å². The van der Waals surface area contributed by atoms with E-state index in [0.29, 0.717) is 0 Å². The topological polar surface area (TPSA) is 17.1 Å². The Hall–Kier alpha value is 0.110. The molecule has 0 unspecified atom stereocenters. The van der Waals surface area contributed by atoms with Gasteiger partial charge in [-0.15, -0.1) is 0 Å². The molecule has 0 spiro atoms. The standard InChI is InChI=1S/C8H14OS2/c1-10-5-3-4-8(6-9)7-11-2/h4,6H,3,5,7H2,1-2H3/b8-4-. The van der Waals surface area contributed by atoms with E-state index in [1.165, 1.54) is 0 Å². The van der Waals surface area contributed by atoms with Crippen molar-refractivity contribution in [3.05, 3.63) is 11.6 Å². The Morgan fingerprint density at radius 3 is 2.55 bits per heavy atom. The normalized spacial score (nSPS) is 11.6. The molecule has 0 saturated heterocycles. The molecular weight excluding hydrogens is 176 g/mol. The van der Waals surface area contributed by atoms with Crippen LogP contribution >= 0.6 is 23.5 Å². The van der Waals surface area contributed by atoms with Crippen molar-refractivity contribution in [2.45, 2.75) is 6.42 Å². The Morgan fingerprint density at radius 2 is 2.09 bits per heavy atom. The molecule has 0 amide bonds. The number of rotatable bonds is 6. The van der Waals surface area contributed by atoms with Gasteiger partial charge in [0.15, 0.2) is 0 Å². The largest absolute Gasteiger partial charge is 0.298 e. The molecule has 0 aromatic rings. The molecule has 11 heavy (non-hydrogen) atoms. The van der Waals surface area contributed by atoms with E-state index in [9.17, 15) is 4.79 Å². The third-order valence-corrected chi connectivity index (χ3v) is 2.46. The maximum atomic E-state index is 10.4. The van der Waals surface area contributed by atoms with E-state index in [1.54, 1.807) is 23.5 Å². The second-order valence-corrected chi connectivity index (χ2v) is 3.96. The minimum atomic E-state index is 0.845. The smallest absolute Gasteiger partial charge is 0.146 e. The molecular formula is C8H14OS2. The van der Waals surface area contributed by atoms with Crippen LogP contribution in [0.1, 0.15) is 6.42 Å². The lowest BCUT2D eigenvalue weighted by Crippen LogP contribution is -1.88. The van der Waals surface area contributed by atoms with Crippen molar-refractivity contribution in [3.8, 4) is 0 Å². The van der Waals surface area contributed by atoms with Crippen LogP contribution in [0.2, 0.25) is 0 Å². The van der Waals surface area contributed by atoms with E-state index in [2.05, 4.69) is 6.26 Å². The Labute approximate surface area is 77.0 Å². The van der Waals surface area contributed by atoms with E-state index in [0.717, 1.165) is 29.8 Å². The molecule has 3 heteroatoms. The first kappa shape index (κ1) is 11.1. The van der Waals surface area contributed by atoms with Gasteiger partial charge in [0.1, 0.15) is 6.29 Å². The molecule has 1 nitrogen and oxygen atoms in total. The van der Waals surface area contributed by atoms with Crippen molar-refractivity contribution in [1.29, 1.82) is 0 Å². The monoisotopic (exact) mass is 190 g/mol. The molecule has 0 rings (SSSR count). The number of aldehydes is 1. The fourth-order valence-electron chi connectivity index (χ4n) is 0.670. The van der Waals surface area contributed by atoms with Crippen LogP contribution < -0.4 is 0 Å². The maximum absolute atomic E-state index is 10.4. The lowest BCUT2D eigenvalue weighted by Gasteiger charge is -1.95. The first-order valence-electron chi connectivity index (χ1n) is 3.47. The summed E-state index contributed by atoms with van der Waals surface area (Å²) in [7, 11) is 0. The Balaban J connectivity index is 3.61. The van der Waals surface area contributed by atoms with Gasteiger partial charge in [-0.2, -0.15) is 23.5 Å². The first-order valence-corrected chi connectivity index (χ1v) is 6.26. The summed E-state index contributed by atoms with van der Waals surface area (Å²) < 4.78 is 0. The molecule has 64 valence electrons. The maximum Gasteiger partial charge on any atom is 0.146 e. The Bertz CT molecular complexity index is 132. The lowest BCUT2D eigenvalue weighted by molar-refractivity contribution is -0.104. The van der Waals surface area contributed by atoms with Crippen molar-refractivity contribution in [1.82, 2.24) is 0 Å². The summed E-state index contributed by atoms with van der Waals surface area (Å²) >= 11 is 3.49. The van der Waals surface area contributed by atoms with Crippen LogP contribution in [0.5, 0.6) is 0 Å². The summed E-state index contributed by atoms with van der Waals surface area (Å²) in [6, 6.07) is 0. The summed E-state index contributed by atoms with van der Waals surface area (Å²) in [4.78, 5) is 10.4. The average molecular weight is 190 g/mol. The van der Waals surface area contributed by atoms with Gasteiger partial charge in [-0.05, 0) is 30.3 Å². The first-order chi connectivity index (χ1) is 5.35. The zero-order chi connectivity index (χ0) is 8.53. The minimum absolute atomic E-state index is 0.845. The molecule has 0 heterocycles. The molecule has 0 saturated carbocycles. The van der Waals surface area contributed by atoms with E-state index >= 15 is 0 Å². The van der Waals surface area contributed by atoms with Gasteiger partial charge in [-0.25, -0.2) is 0 Å². The Kier molecular flexibility index (Phi) is 8.29. The minimum Gasteiger partial charge on any atom is -0.298 e. The molecule has 0 radical (unpaired) electrons. The van der Waals surface area contributed by atoms with E-state index < -0.39 is 0 Å². The highest BCUT2D eigenvalue weighted by Gasteiger charge is 1.91. The molecule has 0 aromatic heterocycles. The third kappa shape index (κ3) is 6.51. The predicted molar refractivity (Wildman–Crippen MR) is 55.5 cm³/mol. The summed E-state index contributed by atoms with van der Waals surface area (Å²) in [5.41, 5.74) is 0.923. The van der Waals surface area contributed by atoms with Crippen LogP contribution in [0, 0.1) is 0 Å². The molecule has 0 aliphatic heterocycles. The van der Waals surface area contributed by atoms with Crippen LogP contribution in [-0.2, 0) is 4.79 Å². The second-order valence-electron chi connectivity index (χ2n) is 2.11. The highest BCUT2D eigenvalue weighted by molar-refractivity contribution is 7.98. The summed E-state index contributed by atoms with van der Waals surface area (Å²) in [6.45, 7) is 0. The van der Waals surface area contributed by atoms with Crippen molar-refractivity contribution in [2.75, 3.05) is 24.0 Å². The molecule has 0 bridgehead atoms. The molecule has 0 aromatic carbocycles. The zero-order valence-corrected chi connectivity index (χ0v) is 8.63. The fourth-order valence-corrected chi connectivity index (χ4v) is 1.54. The van der Waals surface area contributed by atoms with Gasteiger partial charge in [-0.1, -0.05) is 6.08 Å². The van der Waals surface area contributed by atoms with Crippen LogP contribution in [-0.4, -0.2) is 30.3 Å². The number of hydrogen-bond donors (Lipinski definition) is 0. The summed E-state index contributed by atoms with van der Waals surface area (Å²) in [5.74, 6) is 1.95. The van der Waals surface area contributed by atoms with Gasteiger partial charge in [-0.3, -0.25) is 4.79 Å². The molecule has 0 atom stereocenters. The van der Waals surface area contributed by atoms with Crippen LogP contribution in [0.3, 0.4) is 0 Å². The zero-order valence-electron chi connectivity index (χ0n) is 7.00. The van der Waals surface area contributed by atoms with Crippen LogP contribution in [0.4, 0.5) is 0 Å². The summed E-state index contributed by atoms with van der Waals surface area (Å²) in [6.07, 6.45) is 8.07. The third-order valence-electron chi connectivity index (χ3n) is 1.19. The average Bonchev–Trinajstić information content (AvgIpc) is 2.03. The van der Waals surface area contributed by atoms with Gasteiger partial charge in [0.05, 0.1) is 0 Å². The second kappa shape index (κ2) is 8.21. The number of carbonyl (C=O) groups excluding carboxylic acids is 1. The SMILES string of the molecule is CSCC/C=C(/C=O)CSC. The van der Waals surface area contributed by atoms with Crippen molar-refractivity contribution in [3.63, 3.8) is 0 Å². The number of carbonyl (C=O) groups is 1. The van der Waals surface area contributed by atoms with Gasteiger partial charge < -0.3 is 0 Å². The van der Waals surface area contributed by atoms with E-state index in [1.807, 2.05) is 12.3 Å². The van der Waals surface area contributed by atoms with E-state index in [4.69, 9.17) is 0 Å². The quantitative estimate of drug-likeness (QED) is 0.363. The highest BCUT2D eigenvalue weighted by atomic mass is 32.2. The van der Waals surface area contributed by atoms with Crippen molar-refractivity contribution < 1.29 is 4.79 Å². The summed E-state index contributed by atoms with van der Waals surface area (Å²) in [5, 5.41) is 0.